The normalized spacial score (nSPS) is 16.0. The number of pyridine rings is 1. The first-order chi connectivity index (χ1) is 17.3. The highest BCUT2D eigenvalue weighted by atomic mass is 32.2. The molecule has 2 aromatic rings. The van der Waals surface area contributed by atoms with Crippen molar-refractivity contribution in [1.82, 2.24) is 4.98 Å². The highest BCUT2D eigenvalue weighted by Gasteiger charge is 2.34. The Kier molecular flexibility index (Phi) is 9.17. The molecule has 204 valence electrons. The Labute approximate surface area is 214 Å². The average molecular weight is 546 g/mol. The van der Waals surface area contributed by atoms with Crippen LogP contribution in [0.2, 0.25) is 0 Å². The predicted molar refractivity (Wildman–Crippen MR) is 133 cm³/mol. The summed E-state index contributed by atoms with van der Waals surface area (Å²) in [5.41, 5.74) is -0.297. The minimum Gasteiger partial charge on any atom is -0.384 e. The van der Waals surface area contributed by atoms with Gasteiger partial charge in [-0.25, -0.2) is 17.8 Å². The summed E-state index contributed by atoms with van der Waals surface area (Å²) in [6.45, 7) is 3.27. The maximum atomic E-state index is 14.4. The van der Waals surface area contributed by atoms with Crippen LogP contribution in [-0.4, -0.2) is 52.2 Å². The van der Waals surface area contributed by atoms with Crippen molar-refractivity contribution < 1.29 is 35.5 Å². The van der Waals surface area contributed by atoms with Gasteiger partial charge in [0.25, 0.3) is 0 Å². The van der Waals surface area contributed by atoms with E-state index >= 15 is 0 Å². The Morgan fingerprint density at radius 1 is 1.22 bits per heavy atom. The lowest BCUT2D eigenvalue weighted by Gasteiger charge is -2.34. The number of nitrogens with zero attached hydrogens (tertiary/aromatic N) is 2. The lowest BCUT2D eigenvalue weighted by Crippen LogP contribution is -2.36. The summed E-state index contributed by atoms with van der Waals surface area (Å²) in [6.07, 6.45) is -1.97. The van der Waals surface area contributed by atoms with Gasteiger partial charge >= 0.3 is 6.18 Å². The molecule has 1 aromatic carbocycles. The summed E-state index contributed by atoms with van der Waals surface area (Å²) in [7, 11) is -2.05. The minimum absolute atomic E-state index is 0.0201. The number of aromatic nitrogens is 1. The SMILES string of the molecule is COCC1CCN(c2nc(C(F)(F)F)ccc2CCC(=O)C(C)c2ccc(NS(C)(=O)=O)c(F)c2)CC1. The molecular weight excluding hydrogens is 514 g/mol. The van der Waals surface area contributed by atoms with E-state index in [9.17, 15) is 30.8 Å². The van der Waals surface area contributed by atoms with E-state index in [4.69, 9.17) is 4.74 Å². The molecule has 3 rings (SSSR count). The molecule has 0 amide bonds. The molecule has 0 radical (unpaired) electrons. The number of anilines is 2. The molecule has 0 aliphatic carbocycles. The maximum absolute atomic E-state index is 14.4. The van der Waals surface area contributed by atoms with Gasteiger partial charge in [0.1, 0.15) is 23.1 Å². The van der Waals surface area contributed by atoms with Crippen LogP contribution in [0.25, 0.3) is 0 Å². The number of ether oxygens (including phenoxy) is 1. The monoisotopic (exact) mass is 545 g/mol. The fourth-order valence-electron chi connectivity index (χ4n) is 4.39. The molecule has 1 aliphatic heterocycles. The van der Waals surface area contributed by atoms with Crippen molar-refractivity contribution in [2.45, 2.75) is 44.7 Å². The third-order valence-corrected chi connectivity index (χ3v) is 7.07. The standard InChI is InChI=1S/C25H31F4N3O4S/c1-16(19-4-7-21(20(26)14-19)31-37(3,34)35)22(33)8-5-18-6-9-23(25(27,28)29)30-24(18)32-12-10-17(11-13-32)15-36-2/h4,6-7,9,14,16-17,31H,5,8,10-13,15H2,1-3H3. The van der Waals surface area contributed by atoms with Crippen LogP contribution >= 0.6 is 0 Å². The lowest BCUT2D eigenvalue weighted by molar-refractivity contribution is -0.141. The number of alkyl halides is 3. The molecule has 1 unspecified atom stereocenters. The van der Waals surface area contributed by atoms with E-state index in [1.54, 1.807) is 14.0 Å². The third-order valence-electron chi connectivity index (χ3n) is 6.48. The summed E-state index contributed by atoms with van der Waals surface area (Å²) in [4.78, 5) is 18.7. The van der Waals surface area contributed by atoms with Crippen molar-refractivity contribution in [3.05, 3.63) is 53.0 Å². The predicted octanol–water partition coefficient (Wildman–Crippen LogP) is 4.78. The molecule has 7 nitrogen and oxygen atoms in total. The van der Waals surface area contributed by atoms with E-state index in [0.717, 1.165) is 31.2 Å². The lowest BCUT2D eigenvalue weighted by atomic mass is 9.92. The number of methoxy groups -OCH3 is 1. The highest BCUT2D eigenvalue weighted by Crippen LogP contribution is 2.33. The Bertz CT molecular complexity index is 1210. The first-order valence-electron chi connectivity index (χ1n) is 11.9. The zero-order valence-electron chi connectivity index (χ0n) is 20.9. The van der Waals surface area contributed by atoms with Gasteiger partial charge in [-0.1, -0.05) is 19.1 Å². The van der Waals surface area contributed by atoms with Gasteiger partial charge in [0.15, 0.2) is 0 Å². The van der Waals surface area contributed by atoms with E-state index in [-0.39, 0.29) is 30.1 Å². The summed E-state index contributed by atoms with van der Waals surface area (Å²) >= 11 is 0. The molecule has 1 N–H and O–H groups in total. The van der Waals surface area contributed by atoms with E-state index in [0.29, 0.717) is 36.7 Å². The van der Waals surface area contributed by atoms with Crippen LogP contribution in [0.3, 0.4) is 0 Å². The van der Waals surface area contributed by atoms with Crippen LogP contribution in [0, 0.1) is 11.7 Å². The zero-order chi connectivity index (χ0) is 27.4. The van der Waals surface area contributed by atoms with Crippen LogP contribution in [0.4, 0.5) is 29.1 Å². The van der Waals surface area contributed by atoms with Crippen LogP contribution in [-0.2, 0) is 32.2 Å². The number of benzene rings is 1. The van der Waals surface area contributed by atoms with Crippen molar-refractivity contribution in [3.63, 3.8) is 0 Å². The molecule has 0 spiro atoms. The second-order valence-corrected chi connectivity index (χ2v) is 11.1. The molecule has 1 atom stereocenters. The number of sulfonamides is 1. The fraction of sp³-hybridized carbons (Fsp3) is 0.520. The van der Waals surface area contributed by atoms with E-state index in [1.807, 2.05) is 4.90 Å². The third kappa shape index (κ3) is 7.88. The molecule has 1 saturated heterocycles. The summed E-state index contributed by atoms with van der Waals surface area (Å²) < 4.78 is 84.4. The molecule has 0 saturated carbocycles. The van der Waals surface area contributed by atoms with Crippen LogP contribution in [0.1, 0.15) is 48.9 Å². The van der Waals surface area contributed by atoms with Gasteiger partial charge in [0.05, 0.1) is 11.9 Å². The Hall–Kier alpha value is -2.73. The first kappa shape index (κ1) is 28.8. The van der Waals surface area contributed by atoms with E-state index in [1.165, 1.54) is 18.2 Å². The van der Waals surface area contributed by atoms with Crippen LogP contribution in [0.5, 0.6) is 0 Å². The second-order valence-electron chi connectivity index (χ2n) is 9.36. The highest BCUT2D eigenvalue weighted by molar-refractivity contribution is 7.92. The Balaban J connectivity index is 1.74. The second kappa shape index (κ2) is 11.8. The van der Waals surface area contributed by atoms with Crippen molar-refractivity contribution in [2.75, 3.05) is 42.7 Å². The number of rotatable bonds is 10. The van der Waals surface area contributed by atoms with Gasteiger partial charge in [0.2, 0.25) is 10.0 Å². The number of hydrogen-bond donors (Lipinski definition) is 1. The number of hydrogen-bond acceptors (Lipinski definition) is 6. The molecule has 2 heterocycles. The smallest absolute Gasteiger partial charge is 0.384 e. The van der Waals surface area contributed by atoms with Crippen molar-refractivity contribution in [1.29, 1.82) is 0 Å². The number of carbonyl (C=O) groups is 1. The Morgan fingerprint density at radius 3 is 2.46 bits per heavy atom. The number of carbonyl (C=O) groups excluding carboxylic acids is 1. The number of nitrogens with one attached hydrogen (secondary N) is 1. The topological polar surface area (TPSA) is 88.6 Å². The summed E-state index contributed by atoms with van der Waals surface area (Å²) in [5.74, 6) is -1.18. The summed E-state index contributed by atoms with van der Waals surface area (Å²) in [6, 6.07) is 6.11. The van der Waals surface area contributed by atoms with Crippen LogP contribution < -0.4 is 9.62 Å². The molecule has 12 heteroatoms. The molecule has 0 bridgehead atoms. The van der Waals surface area contributed by atoms with Crippen molar-refractivity contribution in [2.24, 2.45) is 5.92 Å². The van der Waals surface area contributed by atoms with Gasteiger partial charge in [0, 0.05) is 39.1 Å². The van der Waals surface area contributed by atoms with Crippen molar-refractivity contribution in [3.8, 4) is 0 Å². The van der Waals surface area contributed by atoms with Gasteiger partial charge in [-0.3, -0.25) is 9.52 Å². The number of Topliss-reactive ketones (excluding diaryl/α,β-unsaturated/α-hetero) is 1. The van der Waals surface area contributed by atoms with Crippen molar-refractivity contribution >= 4 is 27.3 Å². The first-order valence-corrected chi connectivity index (χ1v) is 13.8. The van der Waals surface area contributed by atoms with Crippen LogP contribution in [0.15, 0.2) is 30.3 Å². The number of halogens is 4. The quantitative estimate of drug-likeness (QED) is 0.433. The van der Waals surface area contributed by atoms with Gasteiger partial charge in [-0.05, 0) is 54.5 Å². The molecule has 37 heavy (non-hydrogen) atoms. The molecule has 1 aliphatic rings. The van der Waals surface area contributed by atoms with E-state index in [2.05, 4.69) is 9.71 Å². The Morgan fingerprint density at radius 2 is 1.89 bits per heavy atom. The average Bonchev–Trinajstić information content (AvgIpc) is 2.82. The van der Waals surface area contributed by atoms with Gasteiger partial charge < -0.3 is 9.64 Å². The molecule has 1 aromatic heterocycles. The molecular formula is C25H31F4N3O4S. The number of aryl methyl sites for hydroxylation is 1. The van der Waals surface area contributed by atoms with Gasteiger partial charge in [-0.2, -0.15) is 13.2 Å². The van der Waals surface area contributed by atoms with E-state index < -0.39 is 33.6 Å². The molecule has 1 fully saturated rings. The number of piperidine rings is 1. The number of ketones is 1. The zero-order valence-corrected chi connectivity index (χ0v) is 21.8. The maximum Gasteiger partial charge on any atom is 0.433 e. The minimum atomic E-state index is -4.59. The summed E-state index contributed by atoms with van der Waals surface area (Å²) in [5, 5.41) is 0. The fourth-order valence-corrected chi connectivity index (χ4v) is 4.96. The van der Waals surface area contributed by atoms with Gasteiger partial charge in [-0.15, -0.1) is 0 Å². The largest absolute Gasteiger partial charge is 0.433 e.